The van der Waals surface area contributed by atoms with Crippen molar-refractivity contribution < 1.29 is 14.3 Å². The number of aromatic amines is 1. The predicted molar refractivity (Wildman–Crippen MR) is 72.4 cm³/mol. The number of nitrogens with zero attached hydrogens (tertiary/aromatic N) is 4. The molecule has 2 rings (SSSR count). The van der Waals surface area contributed by atoms with Crippen LogP contribution in [-0.4, -0.2) is 31.7 Å². The fourth-order valence-corrected chi connectivity index (χ4v) is 1.91. The first kappa shape index (κ1) is 14.6. The molecule has 0 atom stereocenters. The average molecular weight is 353 g/mol. The fraction of sp³-hybridized carbons (Fsp3) is 0. The number of carbonyl (C=O) groups is 1. The molecule has 0 bridgehead atoms. The van der Waals surface area contributed by atoms with Gasteiger partial charge in [0.15, 0.2) is 0 Å². The van der Waals surface area contributed by atoms with Gasteiger partial charge in [-0.05, 0) is 33.3 Å². The van der Waals surface area contributed by atoms with Crippen molar-refractivity contribution in [1.82, 2.24) is 20.6 Å². The number of nitrogens with one attached hydrogen (secondary N) is 2. The van der Waals surface area contributed by atoms with E-state index in [9.17, 15) is 9.18 Å². The molecule has 0 aliphatic heterocycles. The highest BCUT2D eigenvalue weighted by Crippen LogP contribution is 2.25. The van der Waals surface area contributed by atoms with Crippen molar-refractivity contribution >= 4 is 33.2 Å². The molecule has 3 N–H and O–H groups in total. The number of H-pyrrole nitrogens is 1. The van der Waals surface area contributed by atoms with E-state index in [2.05, 4.69) is 41.9 Å². The van der Waals surface area contributed by atoms with Crippen molar-refractivity contribution in [2.75, 3.05) is 5.32 Å². The molecule has 10 heteroatoms. The van der Waals surface area contributed by atoms with E-state index in [4.69, 9.17) is 10.4 Å². The number of anilines is 1. The lowest BCUT2D eigenvalue weighted by Gasteiger charge is -2.06. The van der Waals surface area contributed by atoms with E-state index >= 15 is 0 Å². The van der Waals surface area contributed by atoms with Crippen molar-refractivity contribution in [3.8, 4) is 6.07 Å². The van der Waals surface area contributed by atoms with Crippen LogP contribution in [0.15, 0.2) is 22.8 Å². The third-order valence-corrected chi connectivity index (χ3v) is 3.02. The van der Waals surface area contributed by atoms with Gasteiger partial charge in [0, 0.05) is 10.7 Å². The van der Waals surface area contributed by atoms with E-state index in [1.54, 1.807) is 0 Å². The van der Waals surface area contributed by atoms with Crippen molar-refractivity contribution in [2.24, 2.45) is 0 Å². The monoisotopic (exact) mass is 352 g/mol. The fourth-order valence-electron chi connectivity index (χ4n) is 1.39. The Kier molecular flexibility index (Phi) is 4.24. The summed E-state index contributed by atoms with van der Waals surface area (Å²) in [5.74, 6) is -1.99. The Morgan fingerprint density at radius 2 is 2.33 bits per heavy atom. The van der Waals surface area contributed by atoms with E-state index in [1.807, 2.05) is 6.07 Å². The smallest absolute Gasteiger partial charge is 0.336 e. The highest BCUT2D eigenvalue weighted by atomic mass is 79.9. The quantitative estimate of drug-likeness (QED) is 0.715. The van der Waals surface area contributed by atoms with Crippen molar-refractivity contribution in [3.05, 3.63) is 40.0 Å². The molecule has 0 saturated heterocycles. The highest BCUT2D eigenvalue weighted by Gasteiger charge is 2.13. The van der Waals surface area contributed by atoms with Gasteiger partial charge in [-0.2, -0.15) is 10.5 Å². The van der Waals surface area contributed by atoms with Crippen LogP contribution in [0.3, 0.4) is 0 Å². The summed E-state index contributed by atoms with van der Waals surface area (Å²) in [7, 11) is 0. The number of halogens is 2. The summed E-state index contributed by atoms with van der Waals surface area (Å²) in [5, 5.41) is 33.1. The van der Waals surface area contributed by atoms with E-state index < -0.39 is 11.8 Å². The number of aromatic nitrogens is 4. The molecule has 1 aromatic heterocycles. The zero-order valence-corrected chi connectivity index (χ0v) is 11.7. The molecule has 21 heavy (non-hydrogen) atoms. The molecule has 0 fully saturated rings. The van der Waals surface area contributed by atoms with Gasteiger partial charge >= 0.3 is 5.97 Å². The average Bonchev–Trinajstić information content (AvgIpc) is 2.96. The van der Waals surface area contributed by atoms with Crippen molar-refractivity contribution in [3.63, 3.8) is 0 Å². The normalized spacial score (nSPS) is 11.0. The van der Waals surface area contributed by atoms with Crippen LogP contribution in [0.25, 0.3) is 5.57 Å². The molecule has 0 amide bonds. The molecule has 8 nitrogen and oxygen atoms in total. The maximum atomic E-state index is 13.8. The van der Waals surface area contributed by atoms with E-state index in [0.717, 1.165) is 6.07 Å². The summed E-state index contributed by atoms with van der Waals surface area (Å²) in [4.78, 5) is 10.9. The molecule has 0 unspecified atom stereocenters. The second-order valence-corrected chi connectivity index (χ2v) is 4.52. The molecule has 0 radical (unpaired) electrons. The van der Waals surface area contributed by atoms with Crippen molar-refractivity contribution in [2.45, 2.75) is 0 Å². The lowest BCUT2D eigenvalue weighted by Crippen LogP contribution is -2.02. The van der Waals surface area contributed by atoms with Crippen LogP contribution in [0.5, 0.6) is 0 Å². The van der Waals surface area contributed by atoms with Gasteiger partial charge in [-0.1, -0.05) is 0 Å². The van der Waals surface area contributed by atoms with Gasteiger partial charge in [-0.25, -0.2) is 9.18 Å². The van der Waals surface area contributed by atoms with E-state index in [0.29, 0.717) is 0 Å². The first-order valence-corrected chi connectivity index (χ1v) is 6.15. The Morgan fingerprint density at radius 3 is 2.90 bits per heavy atom. The van der Waals surface area contributed by atoms with Crippen LogP contribution in [0, 0.1) is 17.1 Å². The van der Waals surface area contributed by atoms with Crippen LogP contribution in [-0.2, 0) is 0 Å². The van der Waals surface area contributed by atoms with Crippen LogP contribution >= 0.6 is 15.9 Å². The molecule has 1 aromatic carbocycles. The highest BCUT2D eigenvalue weighted by molar-refractivity contribution is 9.10. The van der Waals surface area contributed by atoms with Gasteiger partial charge in [-0.15, -0.1) is 10.2 Å². The lowest BCUT2D eigenvalue weighted by atomic mass is 10.2. The van der Waals surface area contributed by atoms with E-state index in [1.165, 1.54) is 12.3 Å². The summed E-state index contributed by atoms with van der Waals surface area (Å²) >= 11 is 3.03. The molecule has 106 valence electrons. The Morgan fingerprint density at radius 1 is 1.57 bits per heavy atom. The molecular weight excluding hydrogens is 347 g/mol. The topological polar surface area (TPSA) is 128 Å². The maximum absolute atomic E-state index is 13.8. The Hall–Kier alpha value is -2.80. The Bertz CT molecular complexity index is 753. The number of rotatable bonds is 4. The zero-order valence-electron chi connectivity index (χ0n) is 10.1. The van der Waals surface area contributed by atoms with Gasteiger partial charge < -0.3 is 10.4 Å². The second-order valence-electron chi connectivity index (χ2n) is 3.67. The number of carboxylic acids is 1. The van der Waals surface area contributed by atoms with Gasteiger partial charge in [0.2, 0.25) is 5.82 Å². The SMILES string of the molecule is N#CC(=CNc1cc(Br)c(C(=O)O)cc1F)c1nn[nH]n1. The second kappa shape index (κ2) is 6.10. The minimum Gasteiger partial charge on any atom is -0.478 e. The zero-order chi connectivity index (χ0) is 15.4. The van der Waals surface area contributed by atoms with E-state index in [-0.39, 0.29) is 27.1 Å². The molecule has 0 saturated carbocycles. The summed E-state index contributed by atoms with van der Waals surface area (Å²) in [6.45, 7) is 0. The minimum atomic E-state index is -1.26. The number of carboxylic acid groups (broad SMARTS) is 1. The maximum Gasteiger partial charge on any atom is 0.336 e. The molecule has 0 aliphatic rings. The summed E-state index contributed by atoms with van der Waals surface area (Å²) in [6.07, 6.45) is 1.19. The summed E-state index contributed by atoms with van der Waals surface area (Å²) < 4.78 is 14.0. The van der Waals surface area contributed by atoms with Crippen molar-refractivity contribution in [1.29, 1.82) is 5.26 Å². The van der Waals surface area contributed by atoms with Gasteiger partial charge in [0.1, 0.15) is 17.5 Å². The molecule has 1 heterocycles. The summed E-state index contributed by atoms with van der Waals surface area (Å²) in [6, 6.07) is 3.94. The third-order valence-electron chi connectivity index (χ3n) is 2.37. The number of benzene rings is 1. The molecule has 0 spiro atoms. The number of hydrogen-bond acceptors (Lipinski definition) is 6. The number of aromatic carboxylic acids is 1. The number of allylic oxidation sites excluding steroid dienone is 1. The third kappa shape index (κ3) is 3.21. The van der Waals surface area contributed by atoms with Gasteiger partial charge in [0.05, 0.1) is 11.3 Å². The molecular formula is C11H6BrFN6O2. The van der Waals surface area contributed by atoms with Crippen LogP contribution in [0.4, 0.5) is 10.1 Å². The number of tetrazole rings is 1. The Labute approximate surface area is 125 Å². The van der Waals surface area contributed by atoms with Crippen LogP contribution < -0.4 is 5.32 Å². The number of hydrogen-bond donors (Lipinski definition) is 3. The first-order valence-electron chi connectivity index (χ1n) is 5.36. The minimum absolute atomic E-state index is 0.0110. The largest absolute Gasteiger partial charge is 0.478 e. The lowest BCUT2D eigenvalue weighted by molar-refractivity contribution is 0.0695. The molecule has 2 aromatic rings. The summed E-state index contributed by atoms with van der Waals surface area (Å²) in [5.41, 5.74) is -0.189. The van der Waals surface area contributed by atoms with Gasteiger partial charge in [0.25, 0.3) is 0 Å². The Balaban J connectivity index is 2.30. The number of nitriles is 1. The van der Waals surface area contributed by atoms with Gasteiger partial charge in [-0.3, -0.25) is 0 Å². The van der Waals surface area contributed by atoms with Crippen LogP contribution in [0.1, 0.15) is 16.2 Å². The molecule has 0 aliphatic carbocycles. The predicted octanol–water partition coefficient (Wildman–Crippen LogP) is 1.78. The first-order chi connectivity index (χ1) is 10.0. The standard InChI is InChI=1S/C11H6BrFN6O2/c12-7-2-9(8(13)1-6(7)11(20)21)15-4-5(3-14)10-16-18-19-17-10/h1-2,4,15H,(H,20,21)(H,16,17,18,19). The van der Waals surface area contributed by atoms with Crippen LogP contribution in [0.2, 0.25) is 0 Å².